The van der Waals surface area contributed by atoms with Gasteiger partial charge >= 0.3 is 0 Å². The van der Waals surface area contributed by atoms with E-state index >= 15 is 0 Å². The number of rotatable bonds is 2. The van der Waals surface area contributed by atoms with Crippen molar-refractivity contribution in [3.8, 4) is 11.3 Å². The molecule has 1 aromatic carbocycles. The zero-order chi connectivity index (χ0) is 14.1. The van der Waals surface area contributed by atoms with E-state index in [-0.39, 0.29) is 11.9 Å². The van der Waals surface area contributed by atoms with Gasteiger partial charge in [0, 0.05) is 43.4 Å². The average molecular weight is 270 g/mol. The van der Waals surface area contributed by atoms with Crippen LogP contribution in [0.15, 0.2) is 30.5 Å². The highest BCUT2D eigenvalue weighted by Gasteiger charge is 2.17. The van der Waals surface area contributed by atoms with Gasteiger partial charge < -0.3 is 15.6 Å². The Morgan fingerprint density at radius 3 is 2.85 bits per heavy atom. The van der Waals surface area contributed by atoms with Crippen LogP contribution in [0.2, 0.25) is 0 Å². The molecule has 5 nitrogen and oxygen atoms in total. The number of hydrogen-bond acceptors (Lipinski definition) is 3. The molecule has 0 saturated carbocycles. The van der Waals surface area contributed by atoms with E-state index < -0.39 is 0 Å². The number of hydrogen-bond donors (Lipinski definition) is 2. The molecular weight excluding hydrogens is 252 g/mol. The highest BCUT2D eigenvalue weighted by atomic mass is 16.1. The Balaban J connectivity index is 1.84. The SMILES string of the molecule is CC(=O)Nc1ccc(-c2cn3c(n2)CCC(N)C3)cc1. The number of aryl methyl sites for hydroxylation is 1. The molecule has 0 aliphatic carbocycles. The molecule has 0 bridgehead atoms. The summed E-state index contributed by atoms with van der Waals surface area (Å²) in [5.74, 6) is 1.04. The zero-order valence-corrected chi connectivity index (χ0v) is 11.5. The molecule has 0 saturated heterocycles. The Kier molecular flexibility index (Phi) is 3.28. The van der Waals surface area contributed by atoms with Crippen LogP contribution in [0.3, 0.4) is 0 Å². The van der Waals surface area contributed by atoms with E-state index in [0.717, 1.165) is 42.2 Å². The van der Waals surface area contributed by atoms with Crippen molar-refractivity contribution in [2.24, 2.45) is 5.73 Å². The van der Waals surface area contributed by atoms with E-state index in [4.69, 9.17) is 5.73 Å². The summed E-state index contributed by atoms with van der Waals surface area (Å²) in [7, 11) is 0. The molecule has 0 radical (unpaired) electrons. The summed E-state index contributed by atoms with van der Waals surface area (Å²) in [5, 5.41) is 2.76. The molecule has 1 atom stereocenters. The van der Waals surface area contributed by atoms with E-state index in [1.165, 1.54) is 6.92 Å². The molecule has 3 rings (SSSR count). The predicted molar refractivity (Wildman–Crippen MR) is 78.3 cm³/mol. The first kappa shape index (κ1) is 12.9. The minimum absolute atomic E-state index is 0.0656. The van der Waals surface area contributed by atoms with Crippen molar-refractivity contribution in [3.05, 3.63) is 36.3 Å². The van der Waals surface area contributed by atoms with Crippen LogP contribution in [-0.4, -0.2) is 21.5 Å². The first-order valence-corrected chi connectivity index (χ1v) is 6.81. The summed E-state index contributed by atoms with van der Waals surface area (Å²) >= 11 is 0. The molecule has 5 heteroatoms. The van der Waals surface area contributed by atoms with Crippen LogP contribution in [-0.2, 0) is 17.8 Å². The van der Waals surface area contributed by atoms with Crippen molar-refractivity contribution in [2.75, 3.05) is 5.32 Å². The lowest BCUT2D eigenvalue weighted by Crippen LogP contribution is -2.31. The van der Waals surface area contributed by atoms with Crippen LogP contribution in [0.25, 0.3) is 11.3 Å². The molecule has 2 heterocycles. The molecule has 1 aliphatic rings. The lowest BCUT2D eigenvalue weighted by atomic mass is 10.1. The number of anilines is 1. The van der Waals surface area contributed by atoms with Crippen LogP contribution < -0.4 is 11.1 Å². The number of carbonyl (C=O) groups excluding carboxylic acids is 1. The van der Waals surface area contributed by atoms with Crippen LogP contribution in [0, 0.1) is 0 Å². The summed E-state index contributed by atoms with van der Waals surface area (Å²) in [6, 6.07) is 7.95. The summed E-state index contributed by atoms with van der Waals surface area (Å²) in [4.78, 5) is 15.7. The fourth-order valence-electron chi connectivity index (χ4n) is 2.54. The van der Waals surface area contributed by atoms with Gasteiger partial charge in [-0.3, -0.25) is 4.79 Å². The molecular formula is C15H18N4O. The molecule has 104 valence electrons. The van der Waals surface area contributed by atoms with Gasteiger partial charge in [-0.2, -0.15) is 0 Å². The van der Waals surface area contributed by atoms with Gasteiger partial charge in [0.2, 0.25) is 5.91 Å². The van der Waals surface area contributed by atoms with Gasteiger partial charge in [0.05, 0.1) is 5.69 Å². The molecule has 1 amide bonds. The van der Waals surface area contributed by atoms with Crippen LogP contribution in [0.5, 0.6) is 0 Å². The van der Waals surface area contributed by atoms with Crippen molar-refractivity contribution in [1.82, 2.24) is 9.55 Å². The number of carbonyl (C=O) groups is 1. The lowest BCUT2D eigenvalue weighted by Gasteiger charge is -2.19. The maximum atomic E-state index is 11.0. The Morgan fingerprint density at radius 2 is 2.15 bits per heavy atom. The zero-order valence-electron chi connectivity index (χ0n) is 11.5. The maximum absolute atomic E-state index is 11.0. The molecule has 1 aliphatic heterocycles. The molecule has 0 fully saturated rings. The van der Waals surface area contributed by atoms with Crippen LogP contribution >= 0.6 is 0 Å². The van der Waals surface area contributed by atoms with Crippen molar-refractivity contribution >= 4 is 11.6 Å². The Labute approximate surface area is 117 Å². The highest BCUT2D eigenvalue weighted by molar-refractivity contribution is 5.88. The van der Waals surface area contributed by atoms with Gasteiger partial charge in [0.25, 0.3) is 0 Å². The number of imidazole rings is 1. The van der Waals surface area contributed by atoms with Gasteiger partial charge in [-0.05, 0) is 18.6 Å². The molecule has 1 aromatic heterocycles. The van der Waals surface area contributed by atoms with Crippen LogP contribution in [0.1, 0.15) is 19.2 Å². The monoisotopic (exact) mass is 270 g/mol. The van der Waals surface area contributed by atoms with E-state index in [1.807, 2.05) is 24.3 Å². The third-order valence-electron chi connectivity index (χ3n) is 3.53. The van der Waals surface area contributed by atoms with Crippen molar-refractivity contribution < 1.29 is 4.79 Å². The highest BCUT2D eigenvalue weighted by Crippen LogP contribution is 2.23. The van der Waals surface area contributed by atoms with Gasteiger partial charge in [-0.15, -0.1) is 0 Å². The van der Waals surface area contributed by atoms with Crippen LogP contribution in [0.4, 0.5) is 5.69 Å². The quantitative estimate of drug-likeness (QED) is 0.873. The van der Waals surface area contributed by atoms with Crippen molar-refractivity contribution in [1.29, 1.82) is 0 Å². The second-order valence-electron chi connectivity index (χ2n) is 5.25. The average Bonchev–Trinajstić information content (AvgIpc) is 2.81. The number of nitrogens with two attached hydrogens (primary N) is 1. The normalized spacial score (nSPS) is 17.6. The Bertz CT molecular complexity index is 630. The third-order valence-corrected chi connectivity index (χ3v) is 3.53. The maximum Gasteiger partial charge on any atom is 0.221 e. The van der Waals surface area contributed by atoms with E-state index in [1.54, 1.807) is 0 Å². The molecule has 0 spiro atoms. The number of amides is 1. The fourth-order valence-corrected chi connectivity index (χ4v) is 2.54. The summed E-state index contributed by atoms with van der Waals surface area (Å²) in [6.45, 7) is 2.34. The Morgan fingerprint density at radius 1 is 1.40 bits per heavy atom. The first-order chi connectivity index (χ1) is 9.61. The molecule has 3 N–H and O–H groups in total. The van der Waals surface area contributed by atoms with E-state index in [9.17, 15) is 4.79 Å². The van der Waals surface area contributed by atoms with Crippen molar-refractivity contribution in [2.45, 2.75) is 32.4 Å². The second-order valence-corrected chi connectivity index (χ2v) is 5.25. The third kappa shape index (κ3) is 2.58. The van der Waals surface area contributed by atoms with Gasteiger partial charge in [0.15, 0.2) is 0 Å². The standard InChI is InChI=1S/C15H18N4O/c1-10(20)17-13-5-2-11(3-6-13)14-9-19-8-12(16)4-7-15(19)18-14/h2-3,5-6,9,12H,4,7-8,16H2,1H3,(H,17,20). The van der Waals surface area contributed by atoms with E-state index in [0.29, 0.717) is 0 Å². The number of benzene rings is 1. The minimum atomic E-state index is -0.0656. The van der Waals surface area contributed by atoms with Gasteiger partial charge in [-0.25, -0.2) is 4.98 Å². The minimum Gasteiger partial charge on any atom is -0.333 e. The lowest BCUT2D eigenvalue weighted by molar-refractivity contribution is -0.114. The number of fused-ring (bicyclic) bond motifs is 1. The Hall–Kier alpha value is -2.14. The number of aromatic nitrogens is 2. The summed E-state index contributed by atoms with van der Waals surface area (Å²) < 4.78 is 2.14. The number of nitrogens with one attached hydrogen (secondary N) is 1. The predicted octanol–water partition coefficient (Wildman–Crippen LogP) is 1.78. The molecule has 1 unspecified atom stereocenters. The molecule has 2 aromatic rings. The summed E-state index contributed by atoms with van der Waals surface area (Å²) in [5.41, 5.74) is 8.79. The van der Waals surface area contributed by atoms with Gasteiger partial charge in [0.1, 0.15) is 5.82 Å². The second kappa shape index (κ2) is 5.09. The first-order valence-electron chi connectivity index (χ1n) is 6.81. The topological polar surface area (TPSA) is 72.9 Å². The smallest absolute Gasteiger partial charge is 0.221 e. The number of nitrogens with zero attached hydrogens (tertiary/aromatic N) is 2. The molecule has 20 heavy (non-hydrogen) atoms. The fraction of sp³-hybridized carbons (Fsp3) is 0.333. The van der Waals surface area contributed by atoms with E-state index in [2.05, 4.69) is 21.1 Å². The van der Waals surface area contributed by atoms with Gasteiger partial charge in [-0.1, -0.05) is 12.1 Å². The van der Waals surface area contributed by atoms with Crippen molar-refractivity contribution in [3.63, 3.8) is 0 Å². The summed E-state index contributed by atoms with van der Waals surface area (Å²) in [6.07, 6.45) is 3.99. The largest absolute Gasteiger partial charge is 0.333 e.